The highest BCUT2D eigenvalue weighted by Crippen LogP contribution is 2.32. The fourth-order valence-corrected chi connectivity index (χ4v) is 1.17. The summed E-state index contributed by atoms with van der Waals surface area (Å²) in [4.78, 5) is 5.23. The number of benzene rings is 1. The van der Waals surface area contributed by atoms with Crippen LogP contribution in [0, 0.1) is 0 Å². The van der Waals surface area contributed by atoms with Gasteiger partial charge in [-0.25, -0.2) is 4.98 Å². The molecule has 4 nitrogen and oxygen atoms in total. The number of hydrogen-bond donors (Lipinski definition) is 3. The number of phenols is 2. The largest absolute Gasteiger partial charge is 0.504 e. The number of nitrogens with zero attached hydrogens (tertiary/aromatic N) is 1. The Kier molecular flexibility index (Phi) is 1.79. The maximum absolute atomic E-state index is 12.2. The first-order valence-corrected chi connectivity index (χ1v) is 3.87. The summed E-state index contributed by atoms with van der Waals surface area (Å²) in [7, 11) is 0. The minimum Gasteiger partial charge on any atom is -0.504 e. The van der Waals surface area contributed by atoms with Crippen LogP contribution >= 0.6 is 0 Å². The summed E-state index contributed by atoms with van der Waals surface area (Å²) in [5.74, 6) is -2.18. The average Bonchev–Trinajstić information content (AvgIpc) is 2.47. The Morgan fingerprint density at radius 3 is 2.33 bits per heavy atom. The van der Waals surface area contributed by atoms with Crippen molar-refractivity contribution in [2.75, 3.05) is 0 Å². The Labute approximate surface area is 81.0 Å². The lowest BCUT2D eigenvalue weighted by Crippen LogP contribution is -2.06. The number of halogens is 3. The Bertz CT molecular complexity index is 479. The number of phenolic OH excluding ortho intramolecular Hbond substituents is 2. The third kappa shape index (κ3) is 1.56. The van der Waals surface area contributed by atoms with Gasteiger partial charge < -0.3 is 15.2 Å². The monoisotopic (exact) mass is 218 g/mol. The van der Waals surface area contributed by atoms with Crippen LogP contribution in [0.2, 0.25) is 0 Å². The number of hydrogen-bond acceptors (Lipinski definition) is 3. The fraction of sp³-hybridized carbons (Fsp3) is 0.125. The molecule has 0 amide bonds. The van der Waals surface area contributed by atoms with Crippen molar-refractivity contribution < 1.29 is 23.4 Å². The van der Waals surface area contributed by atoms with Crippen molar-refractivity contribution in [3.63, 3.8) is 0 Å². The molecule has 0 aliphatic carbocycles. The summed E-state index contributed by atoms with van der Waals surface area (Å²) in [6, 6.07) is 1.93. The fourth-order valence-electron chi connectivity index (χ4n) is 1.17. The molecule has 7 heteroatoms. The van der Waals surface area contributed by atoms with Crippen molar-refractivity contribution >= 4 is 11.0 Å². The minimum atomic E-state index is -4.58. The number of imidazole rings is 1. The zero-order valence-electron chi connectivity index (χ0n) is 7.13. The molecule has 15 heavy (non-hydrogen) atoms. The number of H-pyrrole nitrogens is 1. The lowest BCUT2D eigenvalue weighted by molar-refractivity contribution is -0.144. The summed E-state index contributed by atoms with van der Waals surface area (Å²) < 4.78 is 36.6. The third-order valence-corrected chi connectivity index (χ3v) is 1.85. The van der Waals surface area contributed by atoms with E-state index in [0.29, 0.717) is 0 Å². The van der Waals surface area contributed by atoms with Gasteiger partial charge in [-0.1, -0.05) is 0 Å². The smallest absolute Gasteiger partial charge is 0.449 e. The number of nitrogens with one attached hydrogen (secondary N) is 1. The zero-order valence-corrected chi connectivity index (χ0v) is 7.13. The number of rotatable bonds is 0. The van der Waals surface area contributed by atoms with Gasteiger partial charge in [-0.2, -0.15) is 13.2 Å². The number of aromatic amines is 1. The molecule has 0 atom stereocenters. The molecule has 0 bridgehead atoms. The van der Waals surface area contributed by atoms with Crippen molar-refractivity contribution in [3.8, 4) is 11.5 Å². The molecule has 3 N–H and O–H groups in total. The van der Waals surface area contributed by atoms with Crippen LogP contribution in [0.25, 0.3) is 11.0 Å². The van der Waals surface area contributed by atoms with Crippen molar-refractivity contribution in [3.05, 3.63) is 18.0 Å². The Balaban J connectivity index is 2.66. The summed E-state index contributed by atoms with van der Waals surface area (Å²) in [6.07, 6.45) is -4.58. The quantitative estimate of drug-likeness (QED) is 0.592. The highest BCUT2D eigenvalue weighted by molar-refractivity contribution is 5.79. The van der Waals surface area contributed by atoms with Gasteiger partial charge >= 0.3 is 6.18 Å². The molecule has 0 saturated carbocycles. The van der Waals surface area contributed by atoms with E-state index in [1.807, 2.05) is 4.98 Å². The number of fused-ring (bicyclic) bond motifs is 1. The maximum Gasteiger partial charge on any atom is 0.449 e. The van der Waals surface area contributed by atoms with Crippen molar-refractivity contribution in [2.24, 2.45) is 0 Å². The molecule has 0 aliphatic heterocycles. The van der Waals surface area contributed by atoms with E-state index in [1.54, 1.807) is 0 Å². The summed E-state index contributed by atoms with van der Waals surface area (Å²) in [6.45, 7) is 0. The van der Waals surface area contributed by atoms with Gasteiger partial charge in [-0.3, -0.25) is 0 Å². The van der Waals surface area contributed by atoms with Crippen LogP contribution < -0.4 is 0 Å². The van der Waals surface area contributed by atoms with Gasteiger partial charge in [0.05, 0.1) is 11.0 Å². The van der Waals surface area contributed by atoms with Crippen LogP contribution in [0.5, 0.6) is 11.5 Å². The van der Waals surface area contributed by atoms with Crippen LogP contribution in [0.15, 0.2) is 12.1 Å². The lowest BCUT2D eigenvalue weighted by Gasteiger charge is -1.98. The maximum atomic E-state index is 12.2. The Morgan fingerprint density at radius 2 is 1.73 bits per heavy atom. The second-order valence-electron chi connectivity index (χ2n) is 2.94. The molecule has 0 fully saturated rings. The number of alkyl halides is 3. The van der Waals surface area contributed by atoms with Gasteiger partial charge in [0.1, 0.15) is 0 Å². The summed E-state index contributed by atoms with van der Waals surface area (Å²) in [5.41, 5.74) is -0.0461. The third-order valence-electron chi connectivity index (χ3n) is 1.85. The Morgan fingerprint density at radius 1 is 1.13 bits per heavy atom. The van der Waals surface area contributed by atoms with Gasteiger partial charge in [0.25, 0.3) is 0 Å². The molecule has 2 rings (SSSR count). The molecular formula is C8H5F3N2O2. The molecule has 0 saturated heterocycles. The van der Waals surface area contributed by atoms with Crippen LogP contribution in [0.3, 0.4) is 0 Å². The van der Waals surface area contributed by atoms with Gasteiger partial charge in [-0.15, -0.1) is 0 Å². The molecular weight excluding hydrogens is 213 g/mol. The second kappa shape index (κ2) is 2.78. The van der Waals surface area contributed by atoms with Gasteiger partial charge in [0.15, 0.2) is 11.5 Å². The predicted molar refractivity (Wildman–Crippen MR) is 44.4 cm³/mol. The molecule has 80 valence electrons. The lowest BCUT2D eigenvalue weighted by atomic mass is 10.3. The van der Waals surface area contributed by atoms with E-state index >= 15 is 0 Å². The minimum absolute atomic E-state index is 0.0117. The topological polar surface area (TPSA) is 69.1 Å². The van der Waals surface area contributed by atoms with E-state index in [0.717, 1.165) is 12.1 Å². The molecule has 0 radical (unpaired) electrons. The zero-order chi connectivity index (χ0) is 11.2. The van der Waals surface area contributed by atoms with Crippen LogP contribution in [-0.4, -0.2) is 20.2 Å². The molecule has 0 aliphatic rings. The SMILES string of the molecule is Oc1cc2nc(C(F)(F)F)[nH]c2cc1O. The molecule has 2 aromatic rings. The van der Waals surface area contributed by atoms with E-state index in [9.17, 15) is 13.2 Å². The highest BCUT2D eigenvalue weighted by Gasteiger charge is 2.34. The Hall–Kier alpha value is -1.92. The van der Waals surface area contributed by atoms with Gasteiger partial charge in [-0.05, 0) is 0 Å². The first kappa shape index (κ1) is 9.63. The van der Waals surface area contributed by atoms with Crippen molar-refractivity contribution in [2.45, 2.75) is 6.18 Å². The van der Waals surface area contributed by atoms with E-state index in [-0.39, 0.29) is 11.0 Å². The number of aromatic nitrogens is 2. The van der Waals surface area contributed by atoms with Crippen LogP contribution in [-0.2, 0) is 6.18 Å². The molecule has 1 aromatic carbocycles. The first-order chi connectivity index (χ1) is 6.88. The molecule has 0 spiro atoms. The van der Waals surface area contributed by atoms with E-state index in [1.165, 1.54) is 0 Å². The van der Waals surface area contributed by atoms with E-state index < -0.39 is 23.5 Å². The van der Waals surface area contributed by atoms with Crippen molar-refractivity contribution in [1.29, 1.82) is 0 Å². The standard InChI is InChI=1S/C8H5F3N2O2/c9-8(10,11)7-12-3-1-5(14)6(15)2-4(3)13-7/h1-2,14-15H,(H,12,13). The van der Waals surface area contributed by atoms with Crippen molar-refractivity contribution in [1.82, 2.24) is 9.97 Å². The van der Waals surface area contributed by atoms with E-state index in [2.05, 4.69) is 4.98 Å². The van der Waals surface area contributed by atoms with Crippen LogP contribution in [0.4, 0.5) is 13.2 Å². The van der Waals surface area contributed by atoms with E-state index in [4.69, 9.17) is 10.2 Å². The molecule has 0 unspecified atom stereocenters. The molecule has 1 heterocycles. The highest BCUT2D eigenvalue weighted by atomic mass is 19.4. The van der Waals surface area contributed by atoms with Gasteiger partial charge in [0, 0.05) is 12.1 Å². The normalized spacial score (nSPS) is 12.2. The molecule has 1 aromatic heterocycles. The number of aromatic hydroxyl groups is 2. The first-order valence-electron chi connectivity index (χ1n) is 3.87. The second-order valence-corrected chi connectivity index (χ2v) is 2.94. The average molecular weight is 218 g/mol. The predicted octanol–water partition coefficient (Wildman–Crippen LogP) is 1.99. The summed E-state index contributed by atoms with van der Waals surface area (Å²) in [5, 5.41) is 18.1. The van der Waals surface area contributed by atoms with Gasteiger partial charge in [0.2, 0.25) is 5.82 Å². The van der Waals surface area contributed by atoms with Crippen LogP contribution in [0.1, 0.15) is 5.82 Å². The summed E-state index contributed by atoms with van der Waals surface area (Å²) >= 11 is 0.